The highest BCUT2D eigenvalue weighted by Crippen LogP contribution is 2.27. The van der Waals surface area contributed by atoms with Crippen LogP contribution in [0.2, 0.25) is 0 Å². The predicted molar refractivity (Wildman–Crippen MR) is 94.6 cm³/mol. The highest BCUT2D eigenvalue weighted by Gasteiger charge is 2.15. The van der Waals surface area contributed by atoms with Gasteiger partial charge in [-0.15, -0.1) is 0 Å². The fourth-order valence-electron chi connectivity index (χ4n) is 2.42. The summed E-state index contributed by atoms with van der Waals surface area (Å²) in [5.74, 6) is 0.842. The number of hydrogen-bond acceptors (Lipinski definition) is 2. The summed E-state index contributed by atoms with van der Waals surface area (Å²) in [7, 11) is -2.36. The van der Waals surface area contributed by atoms with E-state index in [0.29, 0.717) is 21.3 Å². The van der Waals surface area contributed by atoms with E-state index in [9.17, 15) is 8.42 Å². The highest BCUT2D eigenvalue weighted by atomic mass is 32.2. The maximum absolute atomic E-state index is 12.5. The normalized spacial score (nSPS) is 21.8. The summed E-state index contributed by atoms with van der Waals surface area (Å²) >= 11 is 0. The molecule has 2 aromatic carbocycles. The Morgan fingerprint density at radius 1 is 0.727 bits per heavy atom. The summed E-state index contributed by atoms with van der Waals surface area (Å²) < 4.78 is 25.0. The Kier molecular flexibility index (Phi) is 4.23. The van der Waals surface area contributed by atoms with Crippen molar-refractivity contribution < 1.29 is 8.42 Å². The predicted octanol–water partition coefficient (Wildman–Crippen LogP) is 3.84. The molecule has 22 heavy (non-hydrogen) atoms. The topological polar surface area (TPSA) is 34.1 Å². The van der Waals surface area contributed by atoms with Gasteiger partial charge in [-0.2, -0.15) is 0 Å². The fourth-order valence-corrected chi connectivity index (χ4v) is 4.51. The monoisotopic (exact) mass is 328 g/mol. The Balaban J connectivity index is 2.12. The van der Waals surface area contributed by atoms with Crippen molar-refractivity contribution in [2.24, 2.45) is 0 Å². The molecule has 0 spiro atoms. The Hall–Kier alpha value is -1.78. The lowest BCUT2D eigenvalue weighted by Gasteiger charge is -2.13. The van der Waals surface area contributed by atoms with Crippen LogP contribution < -0.4 is 0 Å². The number of rotatable bonds is 0. The molecule has 3 rings (SSSR count). The minimum absolute atomic E-state index is 0.421. The molecule has 0 aromatic heterocycles. The van der Waals surface area contributed by atoms with Crippen LogP contribution in [0.4, 0.5) is 0 Å². The van der Waals surface area contributed by atoms with Crippen LogP contribution in [0, 0.1) is 0 Å². The van der Waals surface area contributed by atoms with Crippen molar-refractivity contribution in [1.82, 2.24) is 0 Å². The van der Waals surface area contributed by atoms with Crippen LogP contribution in [0.25, 0.3) is 9.81 Å². The molecule has 112 valence electrons. The van der Waals surface area contributed by atoms with E-state index >= 15 is 0 Å². The first-order chi connectivity index (χ1) is 10.5. The smallest absolute Gasteiger partial charge is 0.0574 e. The van der Waals surface area contributed by atoms with Crippen LogP contribution in [0.1, 0.15) is 22.3 Å². The average Bonchev–Trinajstić information content (AvgIpc) is 2.53. The largest absolute Gasteiger partial charge is 0.254 e. The van der Waals surface area contributed by atoms with Gasteiger partial charge in [0.15, 0.2) is 0 Å². The second-order valence-corrected chi connectivity index (χ2v) is 8.17. The van der Waals surface area contributed by atoms with Gasteiger partial charge in [0, 0.05) is 9.81 Å². The number of benzene rings is 2. The van der Waals surface area contributed by atoms with E-state index in [4.69, 9.17) is 0 Å². The minimum Gasteiger partial charge on any atom is -0.254 e. The van der Waals surface area contributed by atoms with E-state index in [1.54, 1.807) is 0 Å². The standard InChI is InChI=1S/C18H16O2S2/c1-13-17-7-4-8-18(10-17)14(2)22(20)12-16-6-3-5-15(9-16)11-21(13)19/h3-10H,1-2,11-12H2/t21-,22+. The molecule has 0 radical (unpaired) electrons. The van der Waals surface area contributed by atoms with E-state index in [-0.39, 0.29) is 0 Å². The zero-order valence-electron chi connectivity index (χ0n) is 12.1. The quantitative estimate of drug-likeness (QED) is 0.736. The molecular weight excluding hydrogens is 312 g/mol. The lowest BCUT2D eigenvalue weighted by molar-refractivity contribution is 0.688. The summed E-state index contributed by atoms with van der Waals surface area (Å²) in [5, 5.41) is 0. The lowest BCUT2D eigenvalue weighted by atomic mass is 10.1. The molecule has 0 fully saturated rings. The van der Waals surface area contributed by atoms with Gasteiger partial charge in [-0.05, 0) is 28.3 Å². The van der Waals surface area contributed by atoms with Gasteiger partial charge in [0.25, 0.3) is 0 Å². The summed E-state index contributed by atoms with van der Waals surface area (Å²) in [5.41, 5.74) is 3.56. The molecule has 2 nitrogen and oxygen atoms in total. The van der Waals surface area contributed by atoms with Gasteiger partial charge < -0.3 is 0 Å². The minimum atomic E-state index is -1.18. The van der Waals surface area contributed by atoms with Crippen LogP contribution in [-0.2, 0) is 33.1 Å². The SMILES string of the molecule is C=C1c2cccc(c2)C(=C)[S@@](=O)Cc2cccc(c2)C[S@]1=O. The van der Waals surface area contributed by atoms with Crippen molar-refractivity contribution >= 4 is 31.4 Å². The summed E-state index contributed by atoms with van der Waals surface area (Å²) in [6.45, 7) is 7.95. The van der Waals surface area contributed by atoms with Crippen molar-refractivity contribution in [1.29, 1.82) is 0 Å². The highest BCUT2D eigenvalue weighted by molar-refractivity contribution is 7.94. The van der Waals surface area contributed by atoms with Crippen LogP contribution in [0.3, 0.4) is 0 Å². The van der Waals surface area contributed by atoms with Crippen molar-refractivity contribution in [2.75, 3.05) is 0 Å². The summed E-state index contributed by atoms with van der Waals surface area (Å²) in [6.07, 6.45) is 0. The van der Waals surface area contributed by atoms with E-state index in [1.807, 2.05) is 48.5 Å². The molecule has 1 heterocycles. The van der Waals surface area contributed by atoms with Gasteiger partial charge in [-0.25, -0.2) is 0 Å². The molecule has 0 amide bonds. The van der Waals surface area contributed by atoms with Crippen molar-refractivity contribution in [2.45, 2.75) is 11.5 Å². The van der Waals surface area contributed by atoms with Gasteiger partial charge in [-0.3, -0.25) is 8.42 Å². The first kappa shape index (κ1) is 15.1. The lowest BCUT2D eigenvalue weighted by Crippen LogP contribution is -2.03. The first-order valence-corrected chi connectivity index (χ1v) is 9.51. The Morgan fingerprint density at radius 2 is 1.18 bits per heavy atom. The zero-order chi connectivity index (χ0) is 15.7. The first-order valence-electron chi connectivity index (χ1n) is 6.88. The van der Waals surface area contributed by atoms with Crippen molar-refractivity contribution in [3.05, 3.63) is 83.9 Å². The number of hydrogen-bond donors (Lipinski definition) is 0. The molecule has 1 aliphatic rings. The van der Waals surface area contributed by atoms with Gasteiger partial charge in [0.05, 0.1) is 33.1 Å². The molecule has 1 aliphatic heterocycles. The second-order valence-electron chi connectivity index (χ2n) is 5.23. The van der Waals surface area contributed by atoms with E-state index in [2.05, 4.69) is 13.2 Å². The van der Waals surface area contributed by atoms with Gasteiger partial charge in [-0.1, -0.05) is 55.6 Å². The van der Waals surface area contributed by atoms with Crippen molar-refractivity contribution in [3.63, 3.8) is 0 Å². The zero-order valence-corrected chi connectivity index (χ0v) is 13.7. The third-order valence-corrected chi connectivity index (χ3v) is 6.40. The number of fused-ring (bicyclic) bond motifs is 4. The van der Waals surface area contributed by atoms with Gasteiger partial charge in [0.1, 0.15) is 0 Å². The van der Waals surface area contributed by atoms with E-state index < -0.39 is 21.6 Å². The Labute approximate surface area is 135 Å². The Morgan fingerprint density at radius 3 is 1.68 bits per heavy atom. The molecule has 0 saturated carbocycles. The molecule has 0 aliphatic carbocycles. The molecule has 0 unspecified atom stereocenters. The van der Waals surface area contributed by atoms with Crippen LogP contribution in [0.5, 0.6) is 0 Å². The summed E-state index contributed by atoms with van der Waals surface area (Å²) in [6, 6.07) is 15.2. The molecule has 0 N–H and O–H groups in total. The van der Waals surface area contributed by atoms with Crippen LogP contribution in [0.15, 0.2) is 61.7 Å². The molecule has 2 aromatic rings. The van der Waals surface area contributed by atoms with Crippen LogP contribution in [-0.4, -0.2) is 8.42 Å². The molecule has 0 saturated heterocycles. The molecule has 4 bridgehead atoms. The maximum atomic E-state index is 12.5. The van der Waals surface area contributed by atoms with Crippen LogP contribution >= 0.6 is 0 Å². The van der Waals surface area contributed by atoms with E-state index in [0.717, 1.165) is 22.3 Å². The van der Waals surface area contributed by atoms with E-state index in [1.165, 1.54) is 0 Å². The third kappa shape index (κ3) is 3.03. The van der Waals surface area contributed by atoms with Gasteiger partial charge in [0.2, 0.25) is 0 Å². The molecular formula is C18H16O2S2. The molecule has 2 atom stereocenters. The fraction of sp³-hybridized carbons (Fsp3) is 0.111. The molecule has 4 heteroatoms. The average molecular weight is 328 g/mol. The third-order valence-electron chi connectivity index (χ3n) is 3.64. The maximum Gasteiger partial charge on any atom is 0.0574 e. The summed E-state index contributed by atoms with van der Waals surface area (Å²) in [4.78, 5) is 1.18. The second kappa shape index (κ2) is 6.15. The van der Waals surface area contributed by atoms with Gasteiger partial charge >= 0.3 is 0 Å². The Bertz CT molecular complexity index is 761. The van der Waals surface area contributed by atoms with Crippen molar-refractivity contribution in [3.8, 4) is 0 Å².